The summed E-state index contributed by atoms with van der Waals surface area (Å²) in [7, 11) is 0. The second-order valence-corrected chi connectivity index (χ2v) is 5.44. The highest BCUT2D eigenvalue weighted by atomic mass is 16.5. The molecule has 0 fully saturated rings. The van der Waals surface area contributed by atoms with Crippen LogP contribution in [-0.2, 0) is 14.3 Å². The van der Waals surface area contributed by atoms with Crippen molar-refractivity contribution >= 4 is 11.9 Å². The van der Waals surface area contributed by atoms with E-state index in [1.54, 1.807) is 0 Å². The zero-order valence-electron chi connectivity index (χ0n) is 13.4. The number of amides is 1. The molecule has 0 aliphatic rings. The van der Waals surface area contributed by atoms with Gasteiger partial charge in [0.1, 0.15) is 0 Å². The Kier molecular flexibility index (Phi) is 12.3. The quantitative estimate of drug-likeness (QED) is 0.440. The Morgan fingerprint density at radius 3 is 2.40 bits per heavy atom. The summed E-state index contributed by atoms with van der Waals surface area (Å²) in [4.78, 5) is 22.2. The van der Waals surface area contributed by atoms with Gasteiger partial charge in [-0.3, -0.25) is 9.59 Å². The van der Waals surface area contributed by atoms with Gasteiger partial charge in [0.15, 0.2) is 0 Å². The van der Waals surface area contributed by atoms with Crippen molar-refractivity contribution in [2.45, 2.75) is 84.7 Å². The Labute approximate surface area is 123 Å². The molecule has 0 heterocycles. The summed E-state index contributed by atoms with van der Waals surface area (Å²) >= 11 is 0. The van der Waals surface area contributed by atoms with Crippen molar-refractivity contribution in [3.05, 3.63) is 0 Å². The summed E-state index contributed by atoms with van der Waals surface area (Å²) in [6.45, 7) is 6.30. The Bertz CT molecular complexity index is 266. The van der Waals surface area contributed by atoms with E-state index in [0.29, 0.717) is 13.0 Å². The summed E-state index contributed by atoms with van der Waals surface area (Å²) in [5.74, 6) is -0.141. The Hall–Kier alpha value is -1.06. The maximum atomic E-state index is 11.6. The standard InChI is InChI=1S/C16H31NO3/c1-4-5-6-7-8-11-14(2)20-16(19)12-9-10-13-17-15(3)18/h14H,4-13H2,1-3H3,(H,17,18). The molecule has 1 N–H and O–H groups in total. The van der Waals surface area contributed by atoms with Crippen molar-refractivity contribution in [2.75, 3.05) is 6.54 Å². The molecule has 0 rings (SSSR count). The Balaban J connectivity index is 3.42. The molecule has 0 aliphatic carbocycles. The van der Waals surface area contributed by atoms with Crippen LogP contribution in [0.2, 0.25) is 0 Å². The minimum Gasteiger partial charge on any atom is -0.463 e. The fourth-order valence-corrected chi connectivity index (χ4v) is 2.04. The summed E-state index contributed by atoms with van der Waals surface area (Å²) in [6, 6.07) is 0. The molecular formula is C16H31NO3. The van der Waals surface area contributed by atoms with Crippen LogP contribution in [-0.4, -0.2) is 24.5 Å². The number of rotatable bonds is 12. The number of ether oxygens (including phenoxy) is 1. The van der Waals surface area contributed by atoms with E-state index < -0.39 is 0 Å². The first-order valence-corrected chi connectivity index (χ1v) is 8.00. The number of hydrogen-bond acceptors (Lipinski definition) is 3. The Morgan fingerprint density at radius 2 is 1.75 bits per heavy atom. The van der Waals surface area contributed by atoms with Gasteiger partial charge < -0.3 is 10.1 Å². The van der Waals surface area contributed by atoms with Crippen molar-refractivity contribution in [1.29, 1.82) is 0 Å². The van der Waals surface area contributed by atoms with E-state index in [-0.39, 0.29) is 18.0 Å². The second-order valence-electron chi connectivity index (χ2n) is 5.44. The molecular weight excluding hydrogens is 254 g/mol. The fraction of sp³-hybridized carbons (Fsp3) is 0.875. The third kappa shape index (κ3) is 13.4. The summed E-state index contributed by atoms with van der Waals surface area (Å²) < 4.78 is 5.36. The molecule has 118 valence electrons. The van der Waals surface area contributed by atoms with Crippen molar-refractivity contribution in [3.8, 4) is 0 Å². The smallest absolute Gasteiger partial charge is 0.306 e. The van der Waals surface area contributed by atoms with Gasteiger partial charge >= 0.3 is 5.97 Å². The molecule has 0 saturated carbocycles. The van der Waals surface area contributed by atoms with Crippen molar-refractivity contribution < 1.29 is 14.3 Å². The normalized spacial score (nSPS) is 11.9. The number of esters is 1. The molecule has 20 heavy (non-hydrogen) atoms. The Morgan fingerprint density at radius 1 is 1.05 bits per heavy atom. The highest BCUT2D eigenvalue weighted by molar-refractivity contribution is 5.72. The first-order valence-electron chi connectivity index (χ1n) is 8.00. The molecule has 1 amide bonds. The SMILES string of the molecule is CCCCCCCC(C)OC(=O)CCCCNC(C)=O. The minimum atomic E-state index is -0.117. The van der Waals surface area contributed by atoms with E-state index >= 15 is 0 Å². The maximum absolute atomic E-state index is 11.6. The van der Waals surface area contributed by atoms with Crippen LogP contribution in [0.1, 0.15) is 78.6 Å². The van der Waals surface area contributed by atoms with Crippen LogP contribution in [0.4, 0.5) is 0 Å². The molecule has 0 saturated heterocycles. The van der Waals surface area contributed by atoms with Gasteiger partial charge in [0.05, 0.1) is 6.10 Å². The second kappa shape index (κ2) is 12.9. The lowest BCUT2D eigenvalue weighted by atomic mass is 10.1. The molecule has 1 unspecified atom stereocenters. The van der Waals surface area contributed by atoms with E-state index in [1.807, 2.05) is 6.92 Å². The molecule has 1 atom stereocenters. The van der Waals surface area contributed by atoms with Gasteiger partial charge in [0.25, 0.3) is 0 Å². The van der Waals surface area contributed by atoms with E-state index in [2.05, 4.69) is 12.2 Å². The molecule has 0 aliphatic heterocycles. The van der Waals surface area contributed by atoms with E-state index in [1.165, 1.54) is 32.6 Å². The number of unbranched alkanes of at least 4 members (excludes halogenated alkanes) is 5. The summed E-state index contributed by atoms with van der Waals surface area (Å²) in [6.07, 6.45) is 9.21. The highest BCUT2D eigenvalue weighted by Crippen LogP contribution is 2.10. The molecule has 0 aromatic rings. The van der Waals surface area contributed by atoms with Gasteiger partial charge in [-0.25, -0.2) is 0 Å². The number of nitrogens with one attached hydrogen (secondary N) is 1. The lowest BCUT2D eigenvalue weighted by molar-refractivity contribution is -0.148. The van der Waals surface area contributed by atoms with Crippen molar-refractivity contribution in [1.82, 2.24) is 5.32 Å². The van der Waals surface area contributed by atoms with Crippen LogP contribution in [0, 0.1) is 0 Å². The van der Waals surface area contributed by atoms with Crippen LogP contribution in [0.5, 0.6) is 0 Å². The average molecular weight is 285 g/mol. The van der Waals surface area contributed by atoms with Gasteiger partial charge in [-0.1, -0.05) is 32.6 Å². The third-order valence-electron chi connectivity index (χ3n) is 3.23. The number of carbonyl (C=O) groups is 2. The number of carbonyl (C=O) groups excluding carboxylic acids is 2. The molecule has 0 aromatic carbocycles. The molecule has 4 heteroatoms. The lowest BCUT2D eigenvalue weighted by Gasteiger charge is -2.13. The third-order valence-corrected chi connectivity index (χ3v) is 3.23. The van der Waals surface area contributed by atoms with Crippen molar-refractivity contribution in [2.24, 2.45) is 0 Å². The largest absolute Gasteiger partial charge is 0.463 e. The van der Waals surface area contributed by atoms with Crippen LogP contribution < -0.4 is 5.32 Å². The molecule has 4 nitrogen and oxygen atoms in total. The van der Waals surface area contributed by atoms with Gasteiger partial charge in [-0.05, 0) is 32.6 Å². The zero-order valence-corrected chi connectivity index (χ0v) is 13.4. The predicted octanol–water partition coefficient (Wildman–Crippen LogP) is 3.59. The first kappa shape index (κ1) is 18.9. The minimum absolute atomic E-state index is 0.0238. The van der Waals surface area contributed by atoms with Crippen LogP contribution in [0.15, 0.2) is 0 Å². The fourth-order valence-electron chi connectivity index (χ4n) is 2.04. The van der Waals surface area contributed by atoms with Crippen molar-refractivity contribution in [3.63, 3.8) is 0 Å². The van der Waals surface area contributed by atoms with Crippen LogP contribution >= 0.6 is 0 Å². The number of hydrogen-bond donors (Lipinski definition) is 1. The molecule has 0 radical (unpaired) electrons. The van der Waals surface area contributed by atoms with Crippen LogP contribution in [0.25, 0.3) is 0 Å². The first-order chi connectivity index (χ1) is 9.56. The van der Waals surface area contributed by atoms with Gasteiger partial charge in [0.2, 0.25) is 5.91 Å². The summed E-state index contributed by atoms with van der Waals surface area (Å²) in [5.41, 5.74) is 0. The molecule has 0 bridgehead atoms. The topological polar surface area (TPSA) is 55.4 Å². The van der Waals surface area contributed by atoms with Gasteiger partial charge in [-0.15, -0.1) is 0 Å². The average Bonchev–Trinajstić information content (AvgIpc) is 2.37. The maximum Gasteiger partial charge on any atom is 0.306 e. The monoisotopic (exact) mass is 285 g/mol. The van der Waals surface area contributed by atoms with E-state index in [0.717, 1.165) is 25.7 Å². The van der Waals surface area contributed by atoms with Gasteiger partial charge in [0, 0.05) is 19.9 Å². The van der Waals surface area contributed by atoms with E-state index in [9.17, 15) is 9.59 Å². The molecule has 0 aromatic heterocycles. The predicted molar refractivity (Wildman–Crippen MR) is 81.5 cm³/mol. The highest BCUT2D eigenvalue weighted by Gasteiger charge is 2.08. The lowest BCUT2D eigenvalue weighted by Crippen LogP contribution is -2.21. The molecule has 0 spiro atoms. The summed E-state index contributed by atoms with van der Waals surface area (Å²) in [5, 5.41) is 2.71. The zero-order chi connectivity index (χ0) is 15.2. The van der Waals surface area contributed by atoms with Gasteiger partial charge in [-0.2, -0.15) is 0 Å². The van der Waals surface area contributed by atoms with Crippen LogP contribution in [0.3, 0.4) is 0 Å². The van der Waals surface area contributed by atoms with E-state index in [4.69, 9.17) is 4.74 Å².